The zero-order valence-corrected chi connectivity index (χ0v) is 11.2. The van der Waals surface area contributed by atoms with Crippen molar-refractivity contribution in [2.45, 2.75) is 13.5 Å². The van der Waals surface area contributed by atoms with Crippen LogP contribution in [0.1, 0.15) is 6.92 Å². The third-order valence-electron chi connectivity index (χ3n) is 2.87. The van der Waals surface area contributed by atoms with Crippen LogP contribution in [-0.2, 0) is 6.54 Å². The number of H-pyrrole nitrogens is 1. The van der Waals surface area contributed by atoms with Crippen LogP contribution in [0.3, 0.4) is 0 Å². The second-order valence-electron chi connectivity index (χ2n) is 4.29. The van der Waals surface area contributed by atoms with E-state index in [1.807, 2.05) is 17.7 Å². The molecule has 0 aromatic carbocycles. The zero-order valence-electron chi connectivity index (χ0n) is 11.2. The molecule has 8 nitrogen and oxygen atoms in total. The third kappa shape index (κ3) is 2.53. The minimum absolute atomic E-state index is 0.592. The molecule has 3 heterocycles. The third-order valence-corrected chi connectivity index (χ3v) is 2.87. The Kier molecular flexibility index (Phi) is 3.44. The van der Waals surface area contributed by atoms with Crippen molar-refractivity contribution in [2.75, 3.05) is 23.7 Å². The van der Waals surface area contributed by atoms with E-state index in [1.54, 1.807) is 18.7 Å². The highest BCUT2D eigenvalue weighted by Gasteiger charge is 2.08. The van der Waals surface area contributed by atoms with Gasteiger partial charge in [-0.15, -0.1) is 0 Å². The van der Waals surface area contributed by atoms with Crippen LogP contribution in [0.25, 0.3) is 11.0 Å². The minimum Gasteiger partial charge on any atom is -0.367 e. The molecule has 3 N–H and O–H groups in total. The fourth-order valence-electron chi connectivity index (χ4n) is 1.93. The molecular weight excluding hydrogens is 256 g/mol. The Morgan fingerprint density at radius 2 is 2.25 bits per heavy atom. The van der Waals surface area contributed by atoms with Gasteiger partial charge in [-0.05, 0) is 6.92 Å². The van der Waals surface area contributed by atoms with Gasteiger partial charge < -0.3 is 15.2 Å². The molecule has 0 saturated carbocycles. The van der Waals surface area contributed by atoms with E-state index in [2.05, 4.69) is 35.8 Å². The Morgan fingerprint density at radius 3 is 3.05 bits per heavy atom. The summed E-state index contributed by atoms with van der Waals surface area (Å²) in [6, 6.07) is 0. The Labute approximate surface area is 115 Å². The predicted octanol–water partition coefficient (Wildman–Crippen LogP) is 1.09. The van der Waals surface area contributed by atoms with Crippen molar-refractivity contribution < 1.29 is 0 Å². The first kappa shape index (κ1) is 12.4. The fourth-order valence-corrected chi connectivity index (χ4v) is 1.93. The molecule has 0 radical (unpaired) electrons. The standard InChI is InChI=1S/C12H16N8/c1-2-14-12-17-10(9-7-16-19-11(9)18-12)15-4-6-20-5-3-13-8-20/h3,5,7-8H,2,4,6H2,1H3,(H3,14,15,16,17,18,19). The van der Waals surface area contributed by atoms with Crippen LogP contribution in [0, 0.1) is 0 Å². The highest BCUT2D eigenvalue weighted by molar-refractivity contribution is 5.86. The Balaban J connectivity index is 1.76. The molecule has 3 rings (SSSR count). The van der Waals surface area contributed by atoms with Gasteiger partial charge in [-0.2, -0.15) is 15.1 Å². The molecule has 0 amide bonds. The van der Waals surface area contributed by atoms with Crippen LogP contribution >= 0.6 is 0 Å². The molecule has 0 atom stereocenters. The van der Waals surface area contributed by atoms with Gasteiger partial charge in [0.15, 0.2) is 5.65 Å². The number of nitrogens with one attached hydrogen (secondary N) is 3. The van der Waals surface area contributed by atoms with Crippen molar-refractivity contribution in [3.05, 3.63) is 24.9 Å². The summed E-state index contributed by atoms with van der Waals surface area (Å²) in [4.78, 5) is 12.8. The number of imidazole rings is 1. The number of hydrogen-bond acceptors (Lipinski definition) is 6. The van der Waals surface area contributed by atoms with Crippen LogP contribution in [0.2, 0.25) is 0 Å². The zero-order chi connectivity index (χ0) is 13.8. The highest BCUT2D eigenvalue weighted by Crippen LogP contribution is 2.19. The molecule has 3 aromatic heterocycles. The van der Waals surface area contributed by atoms with Crippen molar-refractivity contribution in [1.29, 1.82) is 0 Å². The van der Waals surface area contributed by atoms with Crippen molar-refractivity contribution in [2.24, 2.45) is 0 Å². The lowest BCUT2D eigenvalue weighted by atomic mass is 10.4. The second-order valence-corrected chi connectivity index (χ2v) is 4.29. The molecule has 0 aliphatic carbocycles. The van der Waals surface area contributed by atoms with Crippen molar-refractivity contribution >= 4 is 22.8 Å². The molecule has 0 aliphatic heterocycles. The van der Waals surface area contributed by atoms with Gasteiger partial charge in [-0.25, -0.2) is 4.98 Å². The normalized spacial score (nSPS) is 10.8. The van der Waals surface area contributed by atoms with Crippen molar-refractivity contribution in [3.63, 3.8) is 0 Å². The van der Waals surface area contributed by atoms with Gasteiger partial charge in [-0.1, -0.05) is 0 Å². The summed E-state index contributed by atoms with van der Waals surface area (Å²) >= 11 is 0. The Bertz CT molecular complexity index is 672. The Morgan fingerprint density at radius 1 is 1.30 bits per heavy atom. The van der Waals surface area contributed by atoms with E-state index in [1.165, 1.54) is 0 Å². The predicted molar refractivity (Wildman–Crippen MR) is 76.6 cm³/mol. The van der Waals surface area contributed by atoms with E-state index in [9.17, 15) is 0 Å². The molecule has 0 aliphatic rings. The number of aromatic nitrogens is 6. The van der Waals surface area contributed by atoms with Crippen molar-refractivity contribution in [1.82, 2.24) is 29.7 Å². The first-order valence-corrected chi connectivity index (χ1v) is 6.51. The van der Waals surface area contributed by atoms with Crippen LogP contribution in [0.15, 0.2) is 24.9 Å². The van der Waals surface area contributed by atoms with E-state index in [0.717, 1.165) is 36.5 Å². The lowest BCUT2D eigenvalue weighted by molar-refractivity contribution is 0.726. The van der Waals surface area contributed by atoms with Gasteiger partial charge in [0.2, 0.25) is 5.95 Å². The molecule has 8 heteroatoms. The lowest BCUT2D eigenvalue weighted by Crippen LogP contribution is -2.12. The topological polar surface area (TPSA) is 96.3 Å². The van der Waals surface area contributed by atoms with Crippen LogP contribution in [0.4, 0.5) is 11.8 Å². The largest absolute Gasteiger partial charge is 0.367 e. The maximum Gasteiger partial charge on any atom is 0.226 e. The van der Waals surface area contributed by atoms with Crippen LogP contribution in [0.5, 0.6) is 0 Å². The van der Waals surface area contributed by atoms with Crippen LogP contribution < -0.4 is 10.6 Å². The number of nitrogens with zero attached hydrogens (tertiary/aromatic N) is 5. The molecule has 0 spiro atoms. The van der Waals surface area contributed by atoms with Gasteiger partial charge in [-0.3, -0.25) is 5.10 Å². The number of hydrogen-bond donors (Lipinski definition) is 3. The molecular formula is C12H16N8. The number of fused-ring (bicyclic) bond motifs is 1. The van der Waals surface area contributed by atoms with E-state index in [4.69, 9.17) is 0 Å². The minimum atomic E-state index is 0.592. The molecule has 20 heavy (non-hydrogen) atoms. The van der Waals surface area contributed by atoms with Gasteiger partial charge in [0.25, 0.3) is 0 Å². The van der Waals surface area contributed by atoms with E-state index in [-0.39, 0.29) is 0 Å². The van der Waals surface area contributed by atoms with E-state index >= 15 is 0 Å². The van der Waals surface area contributed by atoms with Gasteiger partial charge in [0.05, 0.1) is 17.9 Å². The van der Waals surface area contributed by atoms with E-state index in [0.29, 0.717) is 5.95 Å². The van der Waals surface area contributed by atoms with Gasteiger partial charge >= 0.3 is 0 Å². The Hall–Kier alpha value is -2.64. The maximum absolute atomic E-state index is 4.46. The summed E-state index contributed by atoms with van der Waals surface area (Å²) in [5.74, 6) is 1.37. The van der Waals surface area contributed by atoms with Gasteiger partial charge in [0.1, 0.15) is 5.82 Å². The molecule has 3 aromatic rings. The first-order chi connectivity index (χ1) is 9.86. The summed E-state index contributed by atoms with van der Waals surface area (Å²) in [5.41, 5.74) is 0.723. The molecule has 0 saturated heterocycles. The first-order valence-electron chi connectivity index (χ1n) is 6.51. The van der Waals surface area contributed by atoms with Gasteiger partial charge in [0, 0.05) is 32.0 Å². The van der Waals surface area contributed by atoms with E-state index < -0.39 is 0 Å². The summed E-state index contributed by atoms with van der Waals surface area (Å²) in [6.45, 7) is 4.35. The number of rotatable bonds is 6. The number of aromatic amines is 1. The maximum atomic E-state index is 4.46. The SMILES string of the molecule is CCNc1nc(NCCn2ccnc2)c2cn[nH]c2n1. The lowest BCUT2D eigenvalue weighted by Gasteiger charge is -2.09. The quantitative estimate of drug-likeness (QED) is 0.621. The van der Waals surface area contributed by atoms with Crippen LogP contribution in [-0.4, -0.2) is 42.8 Å². The fraction of sp³-hybridized carbons (Fsp3) is 0.333. The number of anilines is 2. The molecule has 0 fully saturated rings. The van der Waals surface area contributed by atoms with Crippen molar-refractivity contribution in [3.8, 4) is 0 Å². The summed E-state index contributed by atoms with van der Waals surface area (Å²) < 4.78 is 2.01. The molecule has 104 valence electrons. The molecule has 0 unspecified atom stereocenters. The average molecular weight is 272 g/mol. The highest BCUT2D eigenvalue weighted by atomic mass is 15.2. The summed E-state index contributed by atoms with van der Waals surface area (Å²) in [5, 5.41) is 14.2. The smallest absolute Gasteiger partial charge is 0.226 e. The summed E-state index contributed by atoms with van der Waals surface area (Å²) in [7, 11) is 0. The monoisotopic (exact) mass is 272 g/mol. The molecule has 0 bridgehead atoms. The second kappa shape index (κ2) is 5.55. The average Bonchev–Trinajstić information content (AvgIpc) is 3.09. The summed E-state index contributed by atoms with van der Waals surface area (Å²) in [6.07, 6.45) is 7.21.